The number of aliphatic hydroxyl groups excluding tert-OH is 1. The summed E-state index contributed by atoms with van der Waals surface area (Å²) < 4.78 is 0. The van der Waals surface area contributed by atoms with Crippen LogP contribution < -0.4 is 5.32 Å². The summed E-state index contributed by atoms with van der Waals surface area (Å²) in [7, 11) is 0. The van der Waals surface area contributed by atoms with Crippen LogP contribution in [0.5, 0.6) is 0 Å². The molecule has 0 aromatic heterocycles. The van der Waals surface area contributed by atoms with Crippen LogP contribution in [0, 0.1) is 0 Å². The first-order chi connectivity index (χ1) is 9.02. The Morgan fingerprint density at radius 2 is 2.16 bits per heavy atom. The summed E-state index contributed by atoms with van der Waals surface area (Å²) in [6.07, 6.45) is 0. The van der Waals surface area contributed by atoms with Crippen molar-refractivity contribution in [2.75, 3.05) is 12.4 Å². The van der Waals surface area contributed by atoms with E-state index in [1.165, 1.54) is 11.8 Å². The summed E-state index contributed by atoms with van der Waals surface area (Å²) in [6.45, 7) is -0.625. The Balaban J connectivity index is 2.33. The van der Waals surface area contributed by atoms with Gasteiger partial charge >= 0.3 is 5.97 Å². The third kappa shape index (κ3) is 5.96. The first-order valence-electron chi connectivity index (χ1n) is 5.48. The molecule has 1 amide bonds. The number of nitrogens with one attached hydrogen (secondary N) is 1. The van der Waals surface area contributed by atoms with Gasteiger partial charge in [0, 0.05) is 10.8 Å². The lowest BCUT2D eigenvalue weighted by Gasteiger charge is -2.11. The van der Waals surface area contributed by atoms with E-state index in [0.29, 0.717) is 10.8 Å². The third-order valence-electron chi connectivity index (χ3n) is 2.21. The van der Waals surface area contributed by atoms with E-state index in [2.05, 4.69) is 5.32 Å². The number of amides is 1. The van der Waals surface area contributed by atoms with E-state index in [0.717, 1.165) is 5.56 Å². The Morgan fingerprint density at radius 3 is 2.74 bits per heavy atom. The number of aliphatic carboxylic acids is 1. The van der Waals surface area contributed by atoms with Gasteiger partial charge in [-0.05, 0) is 17.7 Å². The number of carbonyl (C=O) groups is 2. The maximum Gasteiger partial charge on any atom is 0.328 e. The minimum absolute atomic E-state index is 0.121. The van der Waals surface area contributed by atoms with Crippen molar-refractivity contribution in [2.24, 2.45) is 0 Å². The van der Waals surface area contributed by atoms with Crippen molar-refractivity contribution in [3.05, 3.63) is 34.9 Å². The Bertz CT molecular complexity index is 455. The second-order valence-electron chi connectivity index (χ2n) is 3.76. The molecule has 0 radical (unpaired) electrons. The molecule has 7 heteroatoms. The highest BCUT2D eigenvalue weighted by molar-refractivity contribution is 7.99. The van der Waals surface area contributed by atoms with Gasteiger partial charge in [0.15, 0.2) is 0 Å². The quantitative estimate of drug-likeness (QED) is 0.703. The van der Waals surface area contributed by atoms with Crippen molar-refractivity contribution in [1.29, 1.82) is 0 Å². The van der Waals surface area contributed by atoms with Gasteiger partial charge in [-0.2, -0.15) is 0 Å². The largest absolute Gasteiger partial charge is 0.480 e. The summed E-state index contributed by atoms with van der Waals surface area (Å²) in [5.41, 5.74) is 0.988. The van der Waals surface area contributed by atoms with Crippen LogP contribution in [-0.2, 0) is 15.3 Å². The maximum atomic E-state index is 11.4. The molecule has 0 saturated heterocycles. The minimum atomic E-state index is -1.25. The van der Waals surface area contributed by atoms with Gasteiger partial charge < -0.3 is 15.5 Å². The second kappa shape index (κ2) is 8.04. The number of benzene rings is 1. The predicted octanol–water partition coefficient (Wildman–Crippen LogP) is 1.13. The molecular weight excluding hydrogens is 290 g/mol. The number of hydrogen-bond acceptors (Lipinski definition) is 4. The van der Waals surface area contributed by atoms with Crippen LogP contribution in [0.4, 0.5) is 0 Å². The maximum absolute atomic E-state index is 11.4. The second-order valence-corrected chi connectivity index (χ2v) is 5.19. The highest BCUT2D eigenvalue weighted by Crippen LogP contribution is 2.16. The van der Waals surface area contributed by atoms with E-state index in [-0.39, 0.29) is 5.75 Å². The molecule has 3 N–H and O–H groups in total. The fourth-order valence-electron chi connectivity index (χ4n) is 1.31. The van der Waals surface area contributed by atoms with Gasteiger partial charge in [-0.1, -0.05) is 23.7 Å². The van der Waals surface area contributed by atoms with Crippen LogP contribution in [0.25, 0.3) is 0 Å². The zero-order valence-electron chi connectivity index (χ0n) is 10.0. The summed E-state index contributed by atoms with van der Waals surface area (Å²) in [5.74, 6) is -0.953. The van der Waals surface area contributed by atoms with Crippen LogP contribution in [-0.4, -0.2) is 40.5 Å². The van der Waals surface area contributed by atoms with Gasteiger partial charge in [-0.3, -0.25) is 4.79 Å². The zero-order chi connectivity index (χ0) is 14.3. The summed E-state index contributed by atoms with van der Waals surface area (Å²) in [6, 6.07) is 6.04. The molecule has 0 saturated carbocycles. The molecule has 0 aliphatic carbocycles. The van der Waals surface area contributed by atoms with Crippen molar-refractivity contribution in [2.45, 2.75) is 11.8 Å². The minimum Gasteiger partial charge on any atom is -0.480 e. The van der Waals surface area contributed by atoms with Crippen LogP contribution in [0.1, 0.15) is 5.56 Å². The van der Waals surface area contributed by atoms with E-state index in [1.54, 1.807) is 12.1 Å². The Labute approximate surface area is 120 Å². The molecule has 0 fully saturated rings. The molecule has 0 spiro atoms. The van der Waals surface area contributed by atoms with Crippen molar-refractivity contribution in [3.63, 3.8) is 0 Å². The molecule has 1 rings (SSSR count). The van der Waals surface area contributed by atoms with Crippen LogP contribution >= 0.6 is 23.4 Å². The first kappa shape index (κ1) is 15.8. The molecule has 0 bridgehead atoms. The van der Waals surface area contributed by atoms with Gasteiger partial charge in [0.2, 0.25) is 5.91 Å². The molecule has 0 heterocycles. The van der Waals surface area contributed by atoms with E-state index in [1.807, 2.05) is 12.1 Å². The van der Waals surface area contributed by atoms with Crippen molar-refractivity contribution >= 4 is 35.2 Å². The van der Waals surface area contributed by atoms with Gasteiger partial charge in [0.05, 0.1) is 12.4 Å². The zero-order valence-corrected chi connectivity index (χ0v) is 11.6. The van der Waals surface area contributed by atoms with E-state index < -0.39 is 24.5 Å². The standard InChI is InChI=1S/C12H14ClNO4S/c13-9-3-1-2-8(4-9)6-19-7-11(16)14-10(5-15)12(17)18/h1-4,10,15H,5-7H2,(H,14,16)(H,17,18)/t10-/m1/s1. The number of carboxylic acid groups (broad SMARTS) is 1. The SMILES string of the molecule is O=C(CSCc1cccc(Cl)c1)N[C@H](CO)C(=O)O. The fourth-order valence-corrected chi connectivity index (χ4v) is 2.31. The van der Waals surface area contributed by atoms with E-state index in [9.17, 15) is 9.59 Å². The topological polar surface area (TPSA) is 86.6 Å². The number of aliphatic hydroxyl groups is 1. The highest BCUT2D eigenvalue weighted by Gasteiger charge is 2.18. The Morgan fingerprint density at radius 1 is 1.42 bits per heavy atom. The van der Waals surface area contributed by atoms with Gasteiger partial charge in [0.1, 0.15) is 6.04 Å². The normalized spacial score (nSPS) is 11.9. The lowest BCUT2D eigenvalue weighted by atomic mass is 10.2. The van der Waals surface area contributed by atoms with Crippen molar-refractivity contribution in [3.8, 4) is 0 Å². The first-order valence-corrected chi connectivity index (χ1v) is 7.01. The average molecular weight is 304 g/mol. The lowest BCUT2D eigenvalue weighted by Crippen LogP contribution is -2.44. The number of thioether (sulfide) groups is 1. The van der Waals surface area contributed by atoms with Crippen LogP contribution in [0.3, 0.4) is 0 Å². The van der Waals surface area contributed by atoms with Crippen LogP contribution in [0.2, 0.25) is 5.02 Å². The van der Waals surface area contributed by atoms with Gasteiger partial charge in [0.25, 0.3) is 0 Å². The summed E-state index contributed by atoms with van der Waals surface area (Å²) in [5, 5.41) is 20.3. The van der Waals surface area contributed by atoms with E-state index >= 15 is 0 Å². The number of hydrogen-bond donors (Lipinski definition) is 3. The number of carboxylic acids is 1. The molecule has 19 heavy (non-hydrogen) atoms. The highest BCUT2D eigenvalue weighted by atomic mass is 35.5. The monoisotopic (exact) mass is 303 g/mol. The molecule has 0 aliphatic heterocycles. The third-order valence-corrected chi connectivity index (χ3v) is 3.45. The molecule has 0 aliphatic rings. The molecule has 1 aromatic carbocycles. The Hall–Kier alpha value is -1.24. The molecular formula is C12H14ClNO4S. The molecule has 5 nitrogen and oxygen atoms in total. The van der Waals surface area contributed by atoms with Gasteiger partial charge in [-0.15, -0.1) is 11.8 Å². The number of rotatable bonds is 7. The molecule has 0 unspecified atom stereocenters. The van der Waals surface area contributed by atoms with E-state index in [4.69, 9.17) is 21.8 Å². The number of halogens is 1. The Kier molecular flexibility index (Phi) is 6.69. The smallest absolute Gasteiger partial charge is 0.328 e. The molecule has 1 atom stereocenters. The lowest BCUT2D eigenvalue weighted by molar-refractivity contribution is -0.142. The summed E-state index contributed by atoms with van der Waals surface area (Å²) in [4.78, 5) is 22.0. The van der Waals surface area contributed by atoms with Crippen molar-refractivity contribution in [1.82, 2.24) is 5.32 Å². The summed E-state index contributed by atoms with van der Waals surface area (Å²) >= 11 is 7.17. The van der Waals surface area contributed by atoms with Crippen molar-refractivity contribution < 1.29 is 19.8 Å². The fraction of sp³-hybridized carbons (Fsp3) is 0.333. The number of carbonyl (C=O) groups excluding carboxylic acids is 1. The van der Waals surface area contributed by atoms with Crippen LogP contribution in [0.15, 0.2) is 24.3 Å². The molecule has 1 aromatic rings. The molecule has 104 valence electrons. The van der Waals surface area contributed by atoms with Gasteiger partial charge in [-0.25, -0.2) is 4.79 Å². The predicted molar refractivity (Wildman–Crippen MR) is 74.3 cm³/mol. The average Bonchev–Trinajstić information content (AvgIpc) is 2.35.